The molecule has 0 radical (unpaired) electrons. The Labute approximate surface area is 117 Å². The van der Waals surface area contributed by atoms with Gasteiger partial charge in [-0.3, -0.25) is 10.1 Å². The van der Waals surface area contributed by atoms with Crippen LogP contribution in [0, 0.1) is 10.1 Å². The number of methoxy groups -OCH3 is 1. The molecule has 0 heterocycles. The standard InChI is InChI=1S/C13H20N2O5/c1-18-5-2-6-19-7-8-20-10-11-3-4-12(14)13(9-11)15(16)17/h3-4,9H,2,5-8,10,14H2,1H3. The zero-order valence-corrected chi connectivity index (χ0v) is 11.5. The molecule has 0 amide bonds. The predicted molar refractivity (Wildman–Crippen MR) is 74.5 cm³/mol. The van der Waals surface area contributed by atoms with Crippen LogP contribution in [0.2, 0.25) is 0 Å². The van der Waals surface area contributed by atoms with Crippen molar-refractivity contribution in [3.8, 4) is 0 Å². The highest BCUT2D eigenvalue weighted by Crippen LogP contribution is 2.22. The van der Waals surface area contributed by atoms with E-state index in [0.29, 0.717) is 38.6 Å². The number of nitrogens with two attached hydrogens (primary N) is 1. The fourth-order valence-electron chi connectivity index (χ4n) is 1.55. The lowest BCUT2D eigenvalue weighted by molar-refractivity contribution is -0.384. The second-order valence-corrected chi connectivity index (χ2v) is 4.16. The van der Waals surface area contributed by atoms with Crippen LogP contribution in [0.25, 0.3) is 0 Å². The van der Waals surface area contributed by atoms with Gasteiger partial charge in [-0.1, -0.05) is 6.07 Å². The SMILES string of the molecule is COCCCOCCOCc1ccc(N)c([N+](=O)[O-])c1. The van der Waals surface area contributed by atoms with Crippen LogP contribution in [0.1, 0.15) is 12.0 Å². The number of hydrogen-bond donors (Lipinski definition) is 1. The van der Waals surface area contributed by atoms with E-state index in [1.807, 2.05) is 0 Å². The molecule has 0 aliphatic heterocycles. The van der Waals surface area contributed by atoms with Gasteiger partial charge in [-0.15, -0.1) is 0 Å². The lowest BCUT2D eigenvalue weighted by Crippen LogP contribution is -2.07. The van der Waals surface area contributed by atoms with Gasteiger partial charge < -0.3 is 19.9 Å². The number of nitrogens with zero attached hydrogens (tertiary/aromatic N) is 1. The lowest BCUT2D eigenvalue weighted by Gasteiger charge is -2.06. The van der Waals surface area contributed by atoms with E-state index in [2.05, 4.69) is 0 Å². The van der Waals surface area contributed by atoms with Gasteiger partial charge in [0.2, 0.25) is 0 Å². The van der Waals surface area contributed by atoms with Gasteiger partial charge in [0.15, 0.2) is 0 Å². The van der Waals surface area contributed by atoms with Crippen LogP contribution < -0.4 is 5.73 Å². The number of rotatable bonds is 10. The molecule has 0 unspecified atom stereocenters. The number of nitrogen functional groups attached to an aromatic ring is 1. The fourth-order valence-corrected chi connectivity index (χ4v) is 1.55. The van der Waals surface area contributed by atoms with Crippen molar-refractivity contribution >= 4 is 11.4 Å². The molecule has 0 saturated carbocycles. The van der Waals surface area contributed by atoms with Crippen LogP contribution in [-0.2, 0) is 20.8 Å². The van der Waals surface area contributed by atoms with Crippen molar-refractivity contribution in [2.75, 3.05) is 39.3 Å². The Bertz CT molecular complexity index is 425. The van der Waals surface area contributed by atoms with Crippen LogP contribution in [-0.4, -0.2) is 38.5 Å². The maximum absolute atomic E-state index is 10.7. The van der Waals surface area contributed by atoms with E-state index in [9.17, 15) is 10.1 Å². The minimum absolute atomic E-state index is 0.0954. The molecular weight excluding hydrogens is 264 g/mol. The van der Waals surface area contributed by atoms with Gasteiger partial charge in [-0.2, -0.15) is 0 Å². The summed E-state index contributed by atoms with van der Waals surface area (Å²) in [5.41, 5.74) is 6.28. The number of anilines is 1. The van der Waals surface area contributed by atoms with Gasteiger partial charge in [0.25, 0.3) is 5.69 Å². The Morgan fingerprint density at radius 1 is 1.20 bits per heavy atom. The molecule has 1 aromatic rings. The van der Waals surface area contributed by atoms with E-state index in [0.717, 1.165) is 6.42 Å². The van der Waals surface area contributed by atoms with Crippen molar-refractivity contribution in [3.05, 3.63) is 33.9 Å². The average molecular weight is 284 g/mol. The van der Waals surface area contributed by atoms with E-state index in [-0.39, 0.29) is 11.4 Å². The number of ether oxygens (including phenoxy) is 3. The minimum atomic E-state index is -0.502. The van der Waals surface area contributed by atoms with Crippen LogP contribution in [0.4, 0.5) is 11.4 Å². The van der Waals surface area contributed by atoms with Crippen LogP contribution in [0.3, 0.4) is 0 Å². The third-order valence-corrected chi connectivity index (χ3v) is 2.57. The molecule has 112 valence electrons. The highest BCUT2D eigenvalue weighted by atomic mass is 16.6. The fraction of sp³-hybridized carbons (Fsp3) is 0.538. The number of benzene rings is 1. The molecule has 0 aliphatic rings. The summed E-state index contributed by atoms with van der Waals surface area (Å²) < 4.78 is 15.6. The molecule has 0 atom stereocenters. The third-order valence-electron chi connectivity index (χ3n) is 2.57. The Balaban J connectivity index is 2.22. The summed E-state index contributed by atoms with van der Waals surface area (Å²) in [6, 6.07) is 4.65. The van der Waals surface area contributed by atoms with Crippen molar-refractivity contribution in [3.63, 3.8) is 0 Å². The van der Waals surface area contributed by atoms with Gasteiger partial charge in [0.1, 0.15) is 5.69 Å². The molecule has 0 aliphatic carbocycles. The number of nitro benzene ring substituents is 1. The summed E-state index contributed by atoms with van der Waals surface area (Å²) in [6.45, 7) is 2.52. The first-order valence-electron chi connectivity index (χ1n) is 6.32. The van der Waals surface area contributed by atoms with E-state index in [1.54, 1.807) is 13.2 Å². The number of hydrogen-bond acceptors (Lipinski definition) is 6. The molecule has 7 nitrogen and oxygen atoms in total. The summed E-state index contributed by atoms with van der Waals surface area (Å²) in [5, 5.41) is 10.7. The van der Waals surface area contributed by atoms with Gasteiger partial charge >= 0.3 is 0 Å². The van der Waals surface area contributed by atoms with E-state index >= 15 is 0 Å². The summed E-state index contributed by atoms with van der Waals surface area (Å²) in [6.07, 6.45) is 0.848. The molecule has 0 bridgehead atoms. The van der Waals surface area contributed by atoms with Gasteiger partial charge in [-0.25, -0.2) is 0 Å². The van der Waals surface area contributed by atoms with E-state index < -0.39 is 4.92 Å². The second kappa shape index (κ2) is 9.24. The summed E-state index contributed by atoms with van der Waals surface area (Å²) >= 11 is 0. The van der Waals surface area contributed by atoms with Crippen molar-refractivity contribution in [1.29, 1.82) is 0 Å². The largest absolute Gasteiger partial charge is 0.393 e. The molecule has 0 fully saturated rings. The first kappa shape index (κ1) is 16.4. The monoisotopic (exact) mass is 284 g/mol. The van der Waals surface area contributed by atoms with Gasteiger partial charge in [0, 0.05) is 26.4 Å². The highest BCUT2D eigenvalue weighted by Gasteiger charge is 2.11. The summed E-state index contributed by atoms with van der Waals surface area (Å²) in [4.78, 5) is 10.2. The molecule has 1 rings (SSSR count). The van der Waals surface area contributed by atoms with Crippen molar-refractivity contribution < 1.29 is 19.1 Å². The van der Waals surface area contributed by atoms with Crippen LogP contribution >= 0.6 is 0 Å². The quantitative estimate of drug-likeness (QED) is 0.304. The Morgan fingerprint density at radius 2 is 1.95 bits per heavy atom. The minimum Gasteiger partial charge on any atom is -0.393 e. The maximum atomic E-state index is 10.7. The second-order valence-electron chi connectivity index (χ2n) is 4.16. The Hall–Kier alpha value is -1.70. The number of nitro groups is 1. The normalized spacial score (nSPS) is 10.7. The topological polar surface area (TPSA) is 96.8 Å². The lowest BCUT2D eigenvalue weighted by atomic mass is 10.2. The zero-order valence-electron chi connectivity index (χ0n) is 11.5. The predicted octanol–water partition coefficient (Wildman–Crippen LogP) is 1.75. The van der Waals surface area contributed by atoms with Crippen LogP contribution in [0.15, 0.2) is 18.2 Å². The molecule has 0 saturated heterocycles. The van der Waals surface area contributed by atoms with Gasteiger partial charge in [0.05, 0.1) is 24.7 Å². The van der Waals surface area contributed by atoms with Crippen LogP contribution in [0.5, 0.6) is 0 Å². The van der Waals surface area contributed by atoms with E-state index in [4.69, 9.17) is 19.9 Å². The molecule has 20 heavy (non-hydrogen) atoms. The highest BCUT2D eigenvalue weighted by molar-refractivity contribution is 5.59. The van der Waals surface area contributed by atoms with Gasteiger partial charge in [-0.05, 0) is 18.1 Å². The smallest absolute Gasteiger partial charge is 0.292 e. The Kier molecular flexibility index (Phi) is 7.56. The first-order chi connectivity index (χ1) is 9.65. The third kappa shape index (κ3) is 5.96. The molecule has 1 aromatic carbocycles. The molecule has 7 heteroatoms. The zero-order chi connectivity index (χ0) is 14.8. The molecular formula is C13H20N2O5. The molecule has 2 N–H and O–H groups in total. The maximum Gasteiger partial charge on any atom is 0.292 e. The van der Waals surface area contributed by atoms with Crippen molar-refractivity contribution in [2.24, 2.45) is 0 Å². The molecule has 0 aromatic heterocycles. The summed E-state index contributed by atoms with van der Waals surface area (Å²) in [5.74, 6) is 0. The average Bonchev–Trinajstić information content (AvgIpc) is 2.43. The van der Waals surface area contributed by atoms with Crippen molar-refractivity contribution in [1.82, 2.24) is 0 Å². The molecule has 0 spiro atoms. The summed E-state index contributed by atoms with van der Waals surface area (Å²) in [7, 11) is 1.65. The van der Waals surface area contributed by atoms with Crippen molar-refractivity contribution in [2.45, 2.75) is 13.0 Å². The first-order valence-corrected chi connectivity index (χ1v) is 6.32. The van der Waals surface area contributed by atoms with E-state index in [1.165, 1.54) is 12.1 Å². The Morgan fingerprint density at radius 3 is 2.65 bits per heavy atom.